The van der Waals surface area contributed by atoms with Gasteiger partial charge < -0.3 is 19.5 Å². The predicted molar refractivity (Wildman–Crippen MR) is 99.1 cm³/mol. The van der Waals surface area contributed by atoms with Crippen LogP contribution in [0, 0.1) is 13.8 Å². The summed E-state index contributed by atoms with van der Waals surface area (Å²) in [4.78, 5) is 0. The zero-order valence-corrected chi connectivity index (χ0v) is 15.0. The lowest BCUT2D eigenvalue weighted by atomic mass is 9.98. The Morgan fingerprint density at radius 1 is 0.917 bits per heavy atom. The van der Waals surface area contributed by atoms with Crippen LogP contribution < -0.4 is 10.1 Å². The summed E-state index contributed by atoms with van der Waals surface area (Å²) < 4.78 is 16.2. The second-order valence-electron chi connectivity index (χ2n) is 5.73. The van der Waals surface area contributed by atoms with Crippen LogP contribution in [0.25, 0.3) is 11.1 Å². The molecule has 0 aliphatic heterocycles. The van der Waals surface area contributed by atoms with E-state index in [9.17, 15) is 0 Å². The third kappa shape index (κ3) is 4.98. The van der Waals surface area contributed by atoms with Crippen LogP contribution in [0.4, 0.5) is 5.69 Å². The minimum Gasteiger partial charge on any atom is -0.489 e. The Morgan fingerprint density at radius 2 is 1.71 bits per heavy atom. The molecule has 2 aromatic carbocycles. The molecule has 0 unspecified atom stereocenters. The zero-order valence-electron chi connectivity index (χ0n) is 15.0. The molecular formula is C20H27NO3. The molecule has 4 nitrogen and oxygen atoms in total. The number of benzene rings is 2. The molecule has 0 spiro atoms. The highest BCUT2D eigenvalue weighted by Crippen LogP contribution is 2.32. The summed E-state index contributed by atoms with van der Waals surface area (Å²) in [6.07, 6.45) is 0. The van der Waals surface area contributed by atoms with Crippen LogP contribution in [0.5, 0.6) is 5.75 Å². The number of hydrogen-bond donors (Lipinski definition) is 1. The van der Waals surface area contributed by atoms with Crippen molar-refractivity contribution < 1.29 is 14.2 Å². The van der Waals surface area contributed by atoms with Crippen molar-refractivity contribution in [3.8, 4) is 16.9 Å². The molecule has 2 aromatic rings. The Labute approximate surface area is 144 Å². The van der Waals surface area contributed by atoms with Gasteiger partial charge in [0.2, 0.25) is 0 Å². The summed E-state index contributed by atoms with van der Waals surface area (Å²) >= 11 is 0. The highest BCUT2D eigenvalue weighted by atomic mass is 16.5. The smallest absolute Gasteiger partial charge is 0.142 e. The lowest BCUT2D eigenvalue weighted by Gasteiger charge is -2.14. The third-order valence-corrected chi connectivity index (χ3v) is 3.87. The van der Waals surface area contributed by atoms with E-state index >= 15 is 0 Å². The molecule has 1 N–H and O–H groups in total. The molecule has 0 aromatic heterocycles. The zero-order chi connectivity index (χ0) is 17.4. The van der Waals surface area contributed by atoms with E-state index in [2.05, 4.69) is 49.5 Å². The molecule has 0 aliphatic rings. The number of rotatable bonds is 9. The largest absolute Gasteiger partial charge is 0.489 e. The normalized spacial score (nSPS) is 10.7. The Hall–Kier alpha value is -2.04. The van der Waals surface area contributed by atoms with Crippen molar-refractivity contribution in [1.29, 1.82) is 0 Å². The first kappa shape index (κ1) is 18.3. The number of hydrogen-bond acceptors (Lipinski definition) is 4. The van der Waals surface area contributed by atoms with E-state index in [1.807, 2.05) is 13.1 Å². The molecule has 0 saturated carbocycles. The van der Waals surface area contributed by atoms with Crippen LogP contribution in [0.15, 0.2) is 36.4 Å². The van der Waals surface area contributed by atoms with Gasteiger partial charge in [-0.05, 0) is 42.7 Å². The van der Waals surface area contributed by atoms with Gasteiger partial charge in [0.1, 0.15) is 12.4 Å². The van der Waals surface area contributed by atoms with Crippen LogP contribution >= 0.6 is 0 Å². The van der Waals surface area contributed by atoms with Gasteiger partial charge >= 0.3 is 0 Å². The van der Waals surface area contributed by atoms with Crippen molar-refractivity contribution in [3.05, 3.63) is 47.5 Å². The maximum atomic E-state index is 5.82. The van der Waals surface area contributed by atoms with Gasteiger partial charge in [-0.1, -0.05) is 29.8 Å². The minimum absolute atomic E-state index is 0.515. The summed E-state index contributed by atoms with van der Waals surface area (Å²) in [5.41, 5.74) is 5.94. The molecule has 2 rings (SSSR count). The van der Waals surface area contributed by atoms with E-state index in [-0.39, 0.29) is 0 Å². The SMILES string of the molecule is CNc1cc(-c2cc(C)ccc2C)ccc1OCCOCCOC. The van der Waals surface area contributed by atoms with Crippen molar-refractivity contribution in [2.45, 2.75) is 13.8 Å². The fourth-order valence-electron chi connectivity index (χ4n) is 2.52. The first-order chi connectivity index (χ1) is 11.7. The lowest BCUT2D eigenvalue weighted by Crippen LogP contribution is -2.10. The third-order valence-electron chi connectivity index (χ3n) is 3.87. The predicted octanol–water partition coefficient (Wildman–Crippen LogP) is 4.05. The molecule has 0 radical (unpaired) electrons. The number of ether oxygens (including phenoxy) is 3. The van der Waals surface area contributed by atoms with Crippen LogP contribution in [-0.2, 0) is 9.47 Å². The topological polar surface area (TPSA) is 39.7 Å². The summed E-state index contributed by atoms with van der Waals surface area (Å²) in [6, 6.07) is 12.8. The maximum absolute atomic E-state index is 5.82. The molecule has 24 heavy (non-hydrogen) atoms. The van der Waals surface area contributed by atoms with Gasteiger partial charge in [-0.25, -0.2) is 0 Å². The van der Waals surface area contributed by atoms with E-state index in [0.29, 0.717) is 26.4 Å². The van der Waals surface area contributed by atoms with Crippen molar-refractivity contribution in [2.24, 2.45) is 0 Å². The van der Waals surface area contributed by atoms with E-state index in [4.69, 9.17) is 14.2 Å². The monoisotopic (exact) mass is 329 g/mol. The quantitative estimate of drug-likeness (QED) is 0.705. The van der Waals surface area contributed by atoms with E-state index in [0.717, 1.165) is 11.4 Å². The first-order valence-corrected chi connectivity index (χ1v) is 8.24. The van der Waals surface area contributed by atoms with Gasteiger partial charge in [-0.3, -0.25) is 0 Å². The van der Waals surface area contributed by atoms with Crippen LogP contribution in [-0.4, -0.2) is 40.6 Å². The summed E-state index contributed by atoms with van der Waals surface area (Å²) in [7, 11) is 3.57. The van der Waals surface area contributed by atoms with Gasteiger partial charge in [-0.2, -0.15) is 0 Å². The van der Waals surface area contributed by atoms with Crippen LogP contribution in [0.3, 0.4) is 0 Å². The number of anilines is 1. The average molecular weight is 329 g/mol. The van der Waals surface area contributed by atoms with Crippen LogP contribution in [0.1, 0.15) is 11.1 Å². The minimum atomic E-state index is 0.515. The second kappa shape index (κ2) is 9.30. The van der Waals surface area contributed by atoms with Crippen molar-refractivity contribution >= 4 is 5.69 Å². The number of nitrogens with one attached hydrogen (secondary N) is 1. The Morgan fingerprint density at radius 3 is 2.46 bits per heavy atom. The van der Waals surface area contributed by atoms with Crippen LogP contribution in [0.2, 0.25) is 0 Å². The van der Waals surface area contributed by atoms with E-state index < -0.39 is 0 Å². The molecule has 0 atom stereocenters. The molecule has 0 saturated heterocycles. The molecule has 0 aliphatic carbocycles. The summed E-state index contributed by atoms with van der Waals surface area (Å²) in [6.45, 7) is 6.50. The van der Waals surface area contributed by atoms with Crippen molar-refractivity contribution in [2.75, 3.05) is 45.9 Å². The Bertz CT molecular complexity index is 655. The van der Waals surface area contributed by atoms with Gasteiger partial charge in [0.25, 0.3) is 0 Å². The standard InChI is InChI=1S/C20H27NO3/c1-15-5-6-16(2)18(13-15)17-7-8-20(19(14-17)21-3)24-12-11-23-10-9-22-4/h5-8,13-14,21H,9-12H2,1-4H3. The molecule has 130 valence electrons. The number of aryl methyl sites for hydroxylation is 2. The maximum Gasteiger partial charge on any atom is 0.142 e. The van der Waals surface area contributed by atoms with Gasteiger partial charge in [0.05, 0.1) is 25.5 Å². The molecule has 0 bridgehead atoms. The van der Waals surface area contributed by atoms with Crippen molar-refractivity contribution in [3.63, 3.8) is 0 Å². The highest BCUT2D eigenvalue weighted by Gasteiger charge is 2.08. The first-order valence-electron chi connectivity index (χ1n) is 8.24. The fraction of sp³-hybridized carbons (Fsp3) is 0.400. The Balaban J connectivity index is 2.06. The molecule has 0 fully saturated rings. The Kier molecular flexibility index (Phi) is 7.09. The van der Waals surface area contributed by atoms with E-state index in [1.165, 1.54) is 22.3 Å². The second-order valence-corrected chi connectivity index (χ2v) is 5.73. The summed E-state index contributed by atoms with van der Waals surface area (Å²) in [5, 5.41) is 3.22. The fourth-order valence-corrected chi connectivity index (χ4v) is 2.52. The molecule has 0 amide bonds. The highest BCUT2D eigenvalue weighted by molar-refractivity contribution is 5.74. The average Bonchev–Trinajstić information content (AvgIpc) is 2.60. The van der Waals surface area contributed by atoms with Gasteiger partial charge in [0, 0.05) is 14.2 Å². The molecular weight excluding hydrogens is 302 g/mol. The molecule has 4 heteroatoms. The molecule has 0 heterocycles. The lowest BCUT2D eigenvalue weighted by molar-refractivity contribution is 0.0545. The number of methoxy groups -OCH3 is 1. The summed E-state index contributed by atoms with van der Waals surface area (Å²) in [5.74, 6) is 0.835. The van der Waals surface area contributed by atoms with Gasteiger partial charge in [0.15, 0.2) is 0 Å². The van der Waals surface area contributed by atoms with E-state index in [1.54, 1.807) is 7.11 Å². The van der Waals surface area contributed by atoms with Crippen molar-refractivity contribution in [1.82, 2.24) is 0 Å². The van der Waals surface area contributed by atoms with Gasteiger partial charge in [-0.15, -0.1) is 0 Å².